The van der Waals surface area contributed by atoms with E-state index in [9.17, 15) is 9.90 Å². The first-order valence-corrected chi connectivity index (χ1v) is 9.30. The molecule has 1 N–H and O–H groups in total. The van der Waals surface area contributed by atoms with E-state index in [0.29, 0.717) is 4.88 Å². The standard InChI is InChI=1S/C18H19NO2S2/c1-19(2)9-5-8-14-13-7-4-3-6-12(13)11-22-18-15(14)10-16(23-18)17(20)21/h3-4,6-8,10H,5,9,11H2,1-2H3,(H,20,21)/b14-8-. The fourth-order valence-electron chi connectivity index (χ4n) is 2.66. The van der Waals surface area contributed by atoms with E-state index in [-0.39, 0.29) is 0 Å². The molecule has 1 aliphatic rings. The summed E-state index contributed by atoms with van der Waals surface area (Å²) in [6, 6.07) is 10.3. The second kappa shape index (κ2) is 6.91. The highest BCUT2D eigenvalue weighted by atomic mass is 32.2. The predicted molar refractivity (Wildman–Crippen MR) is 97.5 cm³/mol. The van der Waals surface area contributed by atoms with Crippen molar-refractivity contribution in [3.8, 4) is 0 Å². The van der Waals surface area contributed by atoms with Gasteiger partial charge in [0.25, 0.3) is 0 Å². The highest BCUT2D eigenvalue weighted by Gasteiger charge is 2.22. The molecule has 0 atom stereocenters. The third kappa shape index (κ3) is 3.52. The van der Waals surface area contributed by atoms with Crippen LogP contribution in [-0.2, 0) is 5.75 Å². The molecule has 3 rings (SSSR count). The minimum Gasteiger partial charge on any atom is -0.477 e. The Balaban J connectivity index is 2.08. The number of nitrogens with zero attached hydrogens (tertiary/aromatic N) is 1. The average Bonchev–Trinajstić information content (AvgIpc) is 2.88. The van der Waals surface area contributed by atoms with Gasteiger partial charge in [0, 0.05) is 17.9 Å². The first kappa shape index (κ1) is 16.3. The Morgan fingerprint density at radius 1 is 1.30 bits per heavy atom. The summed E-state index contributed by atoms with van der Waals surface area (Å²) in [5.74, 6) is 0.0397. The molecule has 0 saturated carbocycles. The summed E-state index contributed by atoms with van der Waals surface area (Å²) in [6.45, 7) is 0.976. The number of thioether (sulfide) groups is 1. The summed E-state index contributed by atoms with van der Waals surface area (Å²) in [5.41, 5.74) is 4.79. The van der Waals surface area contributed by atoms with Crippen LogP contribution in [0.5, 0.6) is 0 Å². The molecule has 2 aromatic rings. The van der Waals surface area contributed by atoms with Crippen molar-refractivity contribution in [2.45, 2.75) is 16.4 Å². The smallest absolute Gasteiger partial charge is 0.345 e. The lowest BCUT2D eigenvalue weighted by atomic mass is 9.95. The quantitative estimate of drug-likeness (QED) is 0.889. The zero-order valence-electron chi connectivity index (χ0n) is 13.2. The van der Waals surface area contributed by atoms with E-state index in [1.807, 2.05) is 6.07 Å². The molecule has 0 aliphatic carbocycles. The van der Waals surface area contributed by atoms with Gasteiger partial charge in [0.05, 0.1) is 4.21 Å². The molecular formula is C18H19NO2S2. The summed E-state index contributed by atoms with van der Waals surface area (Å²) in [5, 5.41) is 9.31. The van der Waals surface area contributed by atoms with Crippen molar-refractivity contribution in [1.82, 2.24) is 4.90 Å². The molecule has 5 heteroatoms. The summed E-state index contributed by atoms with van der Waals surface area (Å²) >= 11 is 3.12. The highest BCUT2D eigenvalue weighted by molar-refractivity contribution is 8.00. The number of carboxylic acid groups (broad SMARTS) is 1. The summed E-state index contributed by atoms with van der Waals surface area (Å²) in [4.78, 5) is 13.9. The summed E-state index contributed by atoms with van der Waals surface area (Å²) < 4.78 is 1.11. The van der Waals surface area contributed by atoms with Crippen LogP contribution in [0, 0.1) is 0 Å². The molecule has 23 heavy (non-hydrogen) atoms. The van der Waals surface area contributed by atoms with Crippen LogP contribution in [0.15, 0.2) is 40.6 Å². The average molecular weight is 345 g/mol. The lowest BCUT2D eigenvalue weighted by Gasteiger charge is -2.11. The lowest BCUT2D eigenvalue weighted by molar-refractivity contribution is 0.0702. The van der Waals surface area contributed by atoms with Gasteiger partial charge in [0.2, 0.25) is 0 Å². The van der Waals surface area contributed by atoms with Gasteiger partial charge < -0.3 is 10.0 Å². The number of thiophene rings is 1. The maximum atomic E-state index is 11.3. The van der Waals surface area contributed by atoms with E-state index < -0.39 is 5.97 Å². The van der Waals surface area contributed by atoms with Crippen molar-refractivity contribution >= 4 is 34.6 Å². The minimum absolute atomic E-state index is 0.417. The first-order valence-electron chi connectivity index (χ1n) is 7.49. The third-order valence-corrected chi connectivity index (χ3v) is 6.25. The van der Waals surface area contributed by atoms with Gasteiger partial charge in [-0.15, -0.1) is 23.1 Å². The molecular weight excluding hydrogens is 326 g/mol. The molecule has 1 aromatic carbocycles. The number of rotatable bonds is 4. The molecule has 3 nitrogen and oxygen atoms in total. The van der Waals surface area contributed by atoms with Crippen molar-refractivity contribution in [2.75, 3.05) is 20.6 Å². The van der Waals surface area contributed by atoms with Gasteiger partial charge >= 0.3 is 5.97 Å². The molecule has 0 fully saturated rings. The molecule has 0 amide bonds. The Bertz CT molecular complexity index is 762. The van der Waals surface area contributed by atoms with E-state index in [1.165, 1.54) is 28.0 Å². The van der Waals surface area contributed by atoms with E-state index in [2.05, 4.69) is 49.3 Å². The second-order valence-corrected chi connectivity index (χ2v) is 8.07. The molecule has 0 bridgehead atoms. The molecule has 0 saturated heterocycles. The summed E-state index contributed by atoms with van der Waals surface area (Å²) in [6.07, 6.45) is 3.20. The Morgan fingerprint density at radius 3 is 2.83 bits per heavy atom. The van der Waals surface area contributed by atoms with Crippen LogP contribution >= 0.6 is 23.1 Å². The topological polar surface area (TPSA) is 40.5 Å². The minimum atomic E-state index is -0.843. The number of carboxylic acids is 1. The third-order valence-electron chi connectivity index (χ3n) is 3.79. The Kier molecular flexibility index (Phi) is 4.90. The van der Waals surface area contributed by atoms with Gasteiger partial charge in [-0.2, -0.15) is 0 Å². The number of hydrogen-bond acceptors (Lipinski definition) is 4. The molecule has 120 valence electrons. The van der Waals surface area contributed by atoms with E-state index >= 15 is 0 Å². The van der Waals surface area contributed by atoms with E-state index in [4.69, 9.17) is 0 Å². The zero-order chi connectivity index (χ0) is 16.4. The Labute approximate surface area is 144 Å². The van der Waals surface area contributed by atoms with Crippen LogP contribution in [0.1, 0.15) is 32.8 Å². The fraction of sp³-hybridized carbons (Fsp3) is 0.278. The van der Waals surface area contributed by atoms with Crippen molar-refractivity contribution in [2.24, 2.45) is 0 Å². The molecule has 0 unspecified atom stereocenters. The number of fused-ring (bicyclic) bond motifs is 2. The van der Waals surface area contributed by atoms with Crippen molar-refractivity contribution in [3.05, 3.63) is 58.0 Å². The van der Waals surface area contributed by atoms with Crippen LogP contribution in [0.4, 0.5) is 0 Å². The van der Waals surface area contributed by atoms with Gasteiger partial charge in [0.15, 0.2) is 0 Å². The van der Waals surface area contributed by atoms with Gasteiger partial charge in [-0.3, -0.25) is 0 Å². The van der Waals surface area contributed by atoms with Gasteiger partial charge in [-0.25, -0.2) is 4.79 Å². The normalized spacial score (nSPS) is 15.3. The number of aromatic carboxylic acids is 1. The highest BCUT2D eigenvalue weighted by Crippen LogP contribution is 2.44. The Morgan fingerprint density at radius 2 is 2.09 bits per heavy atom. The molecule has 2 heterocycles. The predicted octanol–water partition coefficient (Wildman–Crippen LogP) is 4.44. The van der Waals surface area contributed by atoms with Crippen LogP contribution in [0.3, 0.4) is 0 Å². The van der Waals surface area contributed by atoms with Crippen LogP contribution in [-0.4, -0.2) is 36.6 Å². The number of hydrogen-bond donors (Lipinski definition) is 1. The SMILES string of the molecule is CN(C)CC/C=C1/c2ccccc2CSc2sc(C(=O)O)cc21. The monoisotopic (exact) mass is 345 g/mol. The van der Waals surface area contributed by atoms with Crippen molar-refractivity contribution in [3.63, 3.8) is 0 Å². The Hall–Kier alpha value is -1.56. The van der Waals surface area contributed by atoms with Gasteiger partial charge in [-0.05, 0) is 43.3 Å². The molecule has 1 aliphatic heterocycles. The van der Waals surface area contributed by atoms with Crippen LogP contribution in [0.25, 0.3) is 5.57 Å². The van der Waals surface area contributed by atoms with E-state index in [0.717, 1.165) is 28.5 Å². The molecule has 1 aromatic heterocycles. The van der Waals surface area contributed by atoms with Crippen LogP contribution < -0.4 is 0 Å². The number of carbonyl (C=O) groups is 1. The zero-order valence-corrected chi connectivity index (χ0v) is 14.8. The van der Waals surface area contributed by atoms with Crippen LogP contribution in [0.2, 0.25) is 0 Å². The van der Waals surface area contributed by atoms with Gasteiger partial charge in [0.1, 0.15) is 4.88 Å². The van der Waals surface area contributed by atoms with Gasteiger partial charge in [-0.1, -0.05) is 30.3 Å². The molecule has 0 spiro atoms. The summed E-state index contributed by atoms with van der Waals surface area (Å²) in [7, 11) is 4.13. The number of benzene rings is 1. The van der Waals surface area contributed by atoms with Crippen molar-refractivity contribution < 1.29 is 9.90 Å². The molecule has 0 radical (unpaired) electrons. The first-order chi connectivity index (χ1) is 11.1. The second-order valence-electron chi connectivity index (χ2n) is 5.77. The fourth-order valence-corrected chi connectivity index (χ4v) is 4.95. The van der Waals surface area contributed by atoms with E-state index in [1.54, 1.807) is 11.8 Å². The lowest BCUT2D eigenvalue weighted by Crippen LogP contribution is -2.12. The largest absolute Gasteiger partial charge is 0.477 e. The maximum Gasteiger partial charge on any atom is 0.345 e. The van der Waals surface area contributed by atoms with Crippen molar-refractivity contribution in [1.29, 1.82) is 0 Å². The maximum absolute atomic E-state index is 11.3.